The van der Waals surface area contributed by atoms with Gasteiger partial charge in [-0.1, -0.05) is 11.2 Å². The molecular weight excluding hydrogens is 360 g/mol. The quantitative estimate of drug-likeness (QED) is 0.728. The Balaban J connectivity index is 1.33. The van der Waals surface area contributed by atoms with E-state index >= 15 is 0 Å². The van der Waals surface area contributed by atoms with Gasteiger partial charge in [-0.25, -0.2) is 4.68 Å². The van der Waals surface area contributed by atoms with E-state index in [1.54, 1.807) is 29.3 Å². The lowest BCUT2D eigenvalue weighted by atomic mass is 10.2. The maximum absolute atomic E-state index is 12.6. The number of hydrogen-bond donors (Lipinski definition) is 1. The predicted octanol–water partition coefficient (Wildman–Crippen LogP) is 2.40. The number of amides is 2. The normalized spacial score (nSPS) is 13.2. The third kappa shape index (κ3) is 3.78. The first-order valence-corrected chi connectivity index (χ1v) is 9.13. The molecule has 1 aliphatic heterocycles. The second kappa shape index (κ2) is 7.63. The summed E-state index contributed by atoms with van der Waals surface area (Å²) in [5, 5.41) is 10.9. The number of rotatable bonds is 5. The number of aryl methyl sites for hydroxylation is 2. The number of nitrogens with one attached hydrogen (secondary N) is 1. The molecule has 0 bridgehead atoms. The highest BCUT2D eigenvalue weighted by Crippen LogP contribution is 2.23. The summed E-state index contributed by atoms with van der Waals surface area (Å²) in [7, 11) is 0. The SMILES string of the molecule is Cc1cc2n(n1)CCCN2C(=O)CCC(=O)Nc1cc(-c2ccccn2)no1. The van der Waals surface area contributed by atoms with Crippen LogP contribution in [0.1, 0.15) is 25.0 Å². The van der Waals surface area contributed by atoms with Crippen molar-refractivity contribution in [3.05, 3.63) is 42.2 Å². The zero-order chi connectivity index (χ0) is 19.5. The van der Waals surface area contributed by atoms with Crippen LogP contribution in [0.15, 0.2) is 41.1 Å². The lowest BCUT2D eigenvalue weighted by molar-refractivity contribution is -0.122. The molecule has 0 unspecified atom stereocenters. The van der Waals surface area contributed by atoms with Gasteiger partial charge >= 0.3 is 0 Å². The molecule has 0 aromatic carbocycles. The molecule has 0 atom stereocenters. The second-order valence-corrected chi connectivity index (χ2v) is 6.61. The van der Waals surface area contributed by atoms with Crippen LogP contribution in [0.3, 0.4) is 0 Å². The number of aromatic nitrogens is 4. The summed E-state index contributed by atoms with van der Waals surface area (Å²) >= 11 is 0. The van der Waals surface area contributed by atoms with Crippen molar-refractivity contribution in [1.82, 2.24) is 19.9 Å². The van der Waals surface area contributed by atoms with E-state index in [4.69, 9.17) is 4.52 Å². The number of fused-ring (bicyclic) bond motifs is 1. The highest BCUT2D eigenvalue weighted by atomic mass is 16.5. The number of pyridine rings is 1. The Bertz CT molecular complexity index is 994. The largest absolute Gasteiger partial charge is 0.338 e. The third-order valence-corrected chi connectivity index (χ3v) is 4.48. The van der Waals surface area contributed by atoms with E-state index in [1.807, 2.05) is 23.7 Å². The third-order valence-electron chi connectivity index (χ3n) is 4.48. The first-order chi connectivity index (χ1) is 13.6. The maximum atomic E-state index is 12.6. The molecule has 3 aromatic rings. The van der Waals surface area contributed by atoms with Crippen LogP contribution in [0.2, 0.25) is 0 Å². The van der Waals surface area contributed by atoms with Gasteiger partial charge in [0.05, 0.1) is 11.4 Å². The summed E-state index contributed by atoms with van der Waals surface area (Å²) in [5.41, 5.74) is 2.06. The minimum absolute atomic E-state index is 0.0576. The fourth-order valence-corrected chi connectivity index (χ4v) is 3.18. The van der Waals surface area contributed by atoms with E-state index in [0.717, 1.165) is 24.5 Å². The van der Waals surface area contributed by atoms with Gasteiger partial charge in [-0.05, 0) is 25.5 Å². The van der Waals surface area contributed by atoms with E-state index < -0.39 is 0 Å². The van der Waals surface area contributed by atoms with Crippen LogP contribution in [0.4, 0.5) is 11.7 Å². The Morgan fingerprint density at radius 2 is 2.07 bits per heavy atom. The van der Waals surface area contributed by atoms with Gasteiger partial charge in [-0.2, -0.15) is 5.10 Å². The number of carbonyl (C=O) groups excluding carboxylic acids is 2. The number of anilines is 2. The van der Waals surface area contributed by atoms with E-state index in [2.05, 4.69) is 20.6 Å². The van der Waals surface area contributed by atoms with Crippen molar-refractivity contribution in [3.8, 4) is 11.4 Å². The molecule has 9 nitrogen and oxygen atoms in total. The number of carbonyl (C=O) groups is 2. The van der Waals surface area contributed by atoms with Crippen molar-refractivity contribution in [2.45, 2.75) is 32.7 Å². The standard InChI is InChI=1S/C19H20N6O3/c1-13-11-18-24(9-4-10-25(18)22-13)19(27)7-6-16(26)21-17-12-15(23-28-17)14-5-2-3-8-20-14/h2-3,5,8,11-12H,4,6-7,9-10H2,1H3,(H,21,26). The maximum Gasteiger partial charge on any atom is 0.231 e. The van der Waals surface area contributed by atoms with Crippen molar-refractivity contribution >= 4 is 23.5 Å². The average Bonchev–Trinajstić information content (AvgIpc) is 3.32. The van der Waals surface area contributed by atoms with Crippen LogP contribution in [-0.4, -0.2) is 38.3 Å². The van der Waals surface area contributed by atoms with Crippen LogP contribution < -0.4 is 10.2 Å². The molecule has 28 heavy (non-hydrogen) atoms. The minimum Gasteiger partial charge on any atom is -0.338 e. The molecule has 9 heteroatoms. The van der Waals surface area contributed by atoms with Crippen LogP contribution in [0.5, 0.6) is 0 Å². The van der Waals surface area contributed by atoms with E-state index in [1.165, 1.54) is 0 Å². The highest BCUT2D eigenvalue weighted by molar-refractivity contribution is 5.97. The molecular formula is C19H20N6O3. The Labute approximate surface area is 161 Å². The van der Waals surface area contributed by atoms with Crippen LogP contribution in [0, 0.1) is 6.92 Å². The van der Waals surface area contributed by atoms with Crippen molar-refractivity contribution in [2.75, 3.05) is 16.8 Å². The Morgan fingerprint density at radius 3 is 2.89 bits per heavy atom. The van der Waals surface area contributed by atoms with Crippen LogP contribution in [-0.2, 0) is 16.1 Å². The van der Waals surface area contributed by atoms with Gasteiger partial charge in [-0.15, -0.1) is 0 Å². The number of nitrogens with zero attached hydrogens (tertiary/aromatic N) is 5. The summed E-state index contributed by atoms with van der Waals surface area (Å²) in [6.07, 6.45) is 2.67. The summed E-state index contributed by atoms with van der Waals surface area (Å²) in [6, 6.07) is 8.95. The van der Waals surface area contributed by atoms with Crippen LogP contribution in [0.25, 0.3) is 11.4 Å². The zero-order valence-electron chi connectivity index (χ0n) is 15.5. The molecule has 0 saturated carbocycles. The molecule has 1 N–H and O–H groups in total. The first kappa shape index (κ1) is 17.9. The molecule has 0 fully saturated rings. The number of hydrogen-bond acceptors (Lipinski definition) is 6. The Hall–Kier alpha value is -3.49. The summed E-state index contributed by atoms with van der Waals surface area (Å²) in [6.45, 7) is 3.34. The second-order valence-electron chi connectivity index (χ2n) is 6.61. The van der Waals surface area contributed by atoms with Gasteiger partial charge in [0, 0.05) is 44.3 Å². The van der Waals surface area contributed by atoms with Crippen molar-refractivity contribution in [3.63, 3.8) is 0 Å². The van der Waals surface area contributed by atoms with Gasteiger partial charge in [0.15, 0.2) is 0 Å². The first-order valence-electron chi connectivity index (χ1n) is 9.13. The molecule has 2 amide bonds. The van der Waals surface area contributed by atoms with Gasteiger partial charge in [0.1, 0.15) is 11.5 Å². The average molecular weight is 380 g/mol. The fraction of sp³-hybridized carbons (Fsp3) is 0.316. The lowest BCUT2D eigenvalue weighted by Gasteiger charge is -2.27. The molecule has 0 radical (unpaired) electrons. The highest BCUT2D eigenvalue weighted by Gasteiger charge is 2.24. The fourth-order valence-electron chi connectivity index (χ4n) is 3.18. The molecule has 144 valence electrons. The zero-order valence-corrected chi connectivity index (χ0v) is 15.5. The van der Waals surface area contributed by atoms with Gasteiger partial charge in [0.2, 0.25) is 17.7 Å². The summed E-state index contributed by atoms with van der Waals surface area (Å²) in [4.78, 5) is 30.6. The monoisotopic (exact) mass is 380 g/mol. The molecule has 1 aliphatic rings. The molecule has 3 aromatic heterocycles. The van der Waals surface area contributed by atoms with Crippen molar-refractivity contribution in [1.29, 1.82) is 0 Å². The predicted molar refractivity (Wildman–Crippen MR) is 102 cm³/mol. The van der Waals surface area contributed by atoms with Crippen molar-refractivity contribution in [2.24, 2.45) is 0 Å². The van der Waals surface area contributed by atoms with Gasteiger partial charge in [0.25, 0.3) is 0 Å². The minimum atomic E-state index is -0.307. The summed E-state index contributed by atoms with van der Waals surface area (Å²) < 4.78 is 6.97. The Kier molecular flexibility index (Phi) is 4.88. The molecule has 4 rings (SSSR count). The lowest BCUT2D eigenvalue weighted by Crippen LogP contribution is -2.37. The van der Waals surface area contributed by atoms with E-state index in [-0.39, 0.29) is 30.5 Å². The van der Waals surface area contributed by atoms with Crippen LogP contribution >= 0.6 is 0 Å². The van der Waals surface area contributed by atoms with Crippen molar-refractivity contribution < 1.29 is 14.1 Å². The smallest absolute Gasteiger partial charge is 0.231 e. The molecule has 0 saturated heterocycles. The molecule has 0 aliphatic carbocycles. The Morgan fingerprint density at radius 1 is 1.18 bits per heavy atom. The van der Waals surface area contributed by atoms with Gasteiger partial charge < -0.3 is 4.52 Å². The van der Waals surface area contributed by atoms with E-state index in [0.29, 0.717) is 17.9 Å². The summed E-state index contributed by atoms with van der Waals surface area (Å²) in [5.74, 6) is 0.621. The molecule has 4 heterocycles. The topological polar surface area (TPSA) is 106 Å². The van der Waals surface area contributed by atoms with Gasteiger partial charge in [-0.3, -0.25) is 24.8 Å². The molecule has 0 spiro atoms. The van der Waals surface area contributed by atoms with E-state index in [9.17, 15) is 9.59 Å².